The van der Waals surface area contributed by atoms with Crippen LogP contribution >= 0.6 is 0 Å². The van der Waals surface area contributed by atoms with Crippen LogP contribution in [0, 0.1) is 0 Å². The largest absolute Gasteiger partial charge is 0.459 e. The molecule has 9 heteroatoms. The van der Waals surface area contributed by atoms with Gasteiger partial charge in [0.25, 0.3) is 6.29 Å². The predicted molar refractivity (Wildman–Crippen MR) is 158 cm³/mol. The van der Waals surface area contributed by atoms with Crippen molar-refractivity contribution in [2.75, 3.05) is 6.61 Å². The minimum absolute atomic E-state index is 0.175. The smallest absolute Gasteiger partial charge is 0.340 e. The van der Waals surface area contributed by atoms with Gasteiger partial charge in [-0.05, 0) is 54.6 Å². The van der Waals surface area contributed by atoms with Gasteiger partial charge in [-0.3, -0.25) is 0 Å². The zero-order valence-corrected chi connectivity index (χ0v) is 23.4. The van der Waals surface area contributed by atoms with E-state index in [-0.39, 0.29) is 22.3 Å². The summed E-state index contributed by atoms with van der Waals surface area (Å²) in [5, 5.41) is 0. The van der Waals surface area contributed by atoms with Gasteiger partial charge in [0.1, 0.15) is 12.7 Å². The molecule has 1 aliphatic rings. The van der Waals surface area contributed by atoms with Gasteiger partial charge in [0.05, 0.1) is 22.3 Å². The Kier molecular flexibility index (Phi) is 9.27. The van der Waals surface area contributed by atoms with Crippen molar-refractivity contribution in [3.05, 3.63) is 156 Å². The van der Waals surface area contributed by atoms with Crippen LogP contribution in [0.2, 0.25) is 0 Å². The molecule has 0 spiro atoms. The third kappa shape index (κ3) is 6.58. The molecule has 0 N–H and O–H groups in total. The van der Waals surface area contributed by atoms with Crippen LogP contribution in [0.3, 0.4) is 0 Å². The van der Waals surface area contributed by atoms with Gasteiger partial charge in [-0.15, -0.1) is 0 Å². The molecule has 0 bridgehead atoms. The first-order chi connectivity index (χ1) is 21.4. The Hall–Kier alpha value is -5.54. The number of carbonyl (C=O) groups is 4. The number of esters is 4. The van der Waals surface area contributed by atoms with Crippen molar-refractivity contribution in [3.63, 3.8) is 0 Å². The molecule has 4 aromatic rings. The molecule has 0 aromatic heterocycles. The Bertz CT molecular complexity index is 1610. The van der Waals surface area contributed by atoms with E-state index in [2.05, 4.69) is 6.58 Å². The summed E-state index contributed by atoms with van der Waals surface area (Å²) in [5.74, 6) is -3.07. The standard InChI is InChI=1S/C35H28O9/c1-2-35(44-33(39)27-21-13-6-14-22-27)29(42-31(37)25-17-9-4-10-18-25)28(23-40-30(36)24-15-7-3-8-16-24)41-34(35)43-32(38)26-19-11-5-12-20-26/h2-22,28-29,34H,1,23H2. The quantitative estimate of drug-likeness (QED) is 0.135. The number of rotatable bonds is 10. The van der Waals surface area contributed by atoms with Gasteiger partial charge in [0.15, 0.2) is 6.10 Å². The van der Waals surface area contributed by atoms with E-state index in [9.17, 15) is 19.2 Å². The molecule has 4 atom stereocenters. The van der Waals surface area contributed by atoms with Crippen LogP contribution in [0.4, 0.5) is 0 Å². The van der Waals surface area contributed by atoms with Crippen LogP contribution in [-0.2, 0) is 23.7 Å². The lowest BCUT2D eigenvalue weighted by Gasteiger charge is -2.34. The molecule has 1 heterocycles. The minimum Gasteiger partial charge on any atom is -0.459 e. The Morgan fingerprint density at radius 1 is 0.614 bits per heavy atom. The molecule has 44 heavy (non-hydrogen) atoms. The highest BCUT2D eigenvalue weighted by Gasteiger charge is 2.63. The Balaban J connectivity index is 1.52. The summed E-state index contributed by atoms with van der Waals surface area (Å²) in [6.07, 6.45) is -3.16. The summed E-state index contributed by atoms with van der Waals surface area (Å²) in [6.45, 7) is 3.41. The molecule has 1 aliphatic heterocycles. The van der Waals surface area contributed by atoms with E-state index in [4.69, 9.17) is 23.7 Å². The molecule has 4 aromatic carbocycles. The molecule has 0 radical (unpaired) electrons. The fraction of sp³-hybridized carbons (Fsp3) is 0.143. The molecule has 0 amide bonds. The fourth-order valence-electron chi connectivity index (χ4n) is 4.64. The third-order valence-electron chi connectivity index (χ3n) is 6.90. The van der Waals surface area contributed by atoms with Crippen molar-refractivity contribution in [2.24, 2.45) is 0 Å². The summed E-state index contributed by atoms with van der Waals surface area (Å²) < 4.78 is 29.2. The molecule has 9 nitrogen and oxygen atoms in total. The van der Waals surface area contributed by atoms with Crippen LogP contribution in [-0.4, -0.2) is 54.6 Å². The van der Waals surface area contributed by atoms with Crippen molar-refractivity contribution < 1.29 is 42.9 Å². The lowest BCUT2D eigenvalue weighted by molar-refractivity contribution is -0.164. The van der Waals surface area contributed by atoms with Gasteiger partial charge < -0.3 is 23.7 Å². The predicted octanol–water partition coefficient (Wildman–Crippen LogP) is 5.43. The van der Waals surface area contributed by atoms with E-state index < -0.39 is 54.6 Å². The number of hydrogen-bond donors (Lipinski definition) is 0. The van der Waals surface area contributed by atoms with E-state index in [0.717, 1.165) is 0 Å². The summed E-state index contributed by atoms with van der Waals surface area (Å²) >= 11 is 0. The molecule has 222 valence electrons. The lowest BCUT2D eigenvalue weighted by atomic mass is 9.94. The number of benzene rings is 4. The highest BCUT2D eigenvalue weighted by molar-refractivity contribution is 5.92. The first-order valence-corrected chi connectivity index (χ1v) is 13.7. The third-order valence-corrected chi connectivity index (χ3v) is 6.90. The topological polar surface area (TPSA) is 114 Å². The van der Waals surface area contributed by atoms with Gasteiger partial charge in [-0.1, -0.05) is 79.4 Å². The molecule has 0 saturated carbocycles. The number of carbonyl (C=O) groups excluding carboxylic acids is 4. The molecule has 0 aliphatic carbocycles. The SMILES string of the molecule is C=CC1(OC(=O)c2ccccc2)C(OC(=O)c2ccccc2)OC(COC(=O)c2ccccc2)C1OC(=O)c1ccccc1. The first kappa shape index (κ1) is 29.9. The average molecular weight is 593 g/mol. The molecule has 1 saturated heterocycles. The second-order valence-electron chi connectivity index (χ2n) is 9.75. The molecular weight excluding hydrogens is 564 g/mol. The number of ether oxygens (including phenoxy) is 5. The Morgan fingerprint density at radius 2 is 1.02 bits per heavy atom. The highest BCUT2D eigenvalue weighted by Crippen LogP contribution is 2.40. The van der Waals surface area contributed by atoms with Gasteiger partial charge in [-0.2, -0.15) is 0 Å². The molecule has 5 rings (SSSR count). The highest BCUT2D eigenvalue weighted by atomic mass is 16.8. The maximum absolute atomic E-state index is 13.4. The fourth-order valence-corrected chi connectivity index (χ4v) is 4.64. The van der Waals surface area contributed by atoms with Crippen LogP contribution in [0.25, 0.3) is 0 Å². The zero-order chi connectivity index (χ0) is 30.9. The van der Waals surface area contributed by atoms with E-state index in [1.165, 1.54) is 30.3 Å². The summed E-state index contributed by atoms with van der Waals surface area (Å²) in [5.41, 5.74) is -1.20. The first-order valence-electron chi connectivity index (χ1n) is 13.7. The van der Waals surface area contributed by atoms with Crippen molar-refractivity contribution in [3.8, 4) is 0 Å². The molecule has 1 fully saturated rings. The maximum atomic E-state index is 13.4. The molecule has 4 unspecified atom stereocenters. The minimum atomic E-state index is -2.05. The van der Waals surface area contributed by atoms with Crippen molar-refractivity contribution in [1.29, 1.82) is 0 Å². The van der Waals surface area contributed by atoms with Crippen molar-refractivity contribution >= 4 is 23.9 Å². The van der Waals surface area contributed by atoms with Crippen LogP contribution in [0.5, 0.6) is 0 Å². The second-order valence-corrected chi connectivity index (χ2v) is 9.75. The van der Waals surface area contributed by atoms with E-state index in [1.54, 1.807) is 97.1 Å². The summed E-state index contributed by atoms with van der Waals surface area (Å²) in [6, 6.07) is 32.6. The van der Waals surface area contributed by atoms with Gasteiger partial charge in [-0.25, -0.2) is 19.2 Å². The second kappa shape index (κ2) is 13.6. The van der Waals surface area contributed by atoms with Crippen molar-refractivity contribution in [1.82, 2.24) is 0 Å². The van der Waals surface area contributed by atoms with Crippen LogP contribution < -0.4 is 0 Å². The Morgan fingerprint density at radius 3 is 1.48 bits per heavy atom. The van der Waals surface area contributed by atoms with E-state index in [0.29, 0.717) is 0 Å². The average Bonchev–Trinajstić information content (AvgIpc) is 3.35. The summed E-state index contributed by atoms with van der Waals surface area (Å²) in [7, 11) is 0. The molecular formula is C35H28O9. The normalized spacial score (nSPS) is 20.6. The van der Waals surface area contributed by atoms with Crippen LogP contribution in [0.1, 0.15) is 41.4 Å². The monoisotopic (exact) mass is 592 g/mol. The van der Waals surface area contributed by atoms with Gasteiger partial charge >= 0.3 is 23.9 Å². The van der Waals surface area contributed by atoms with E-state index in [1.807, 2.05) is 0 Å². The zero-order valence-electron chi connectivity index (χ0n) is 23.4. The number of hydrogen-bond acceptors (Lipinski definition) is 9. The van der Waals surface area contributed by atoms with Gasteiger partial charge in [0.2, 0.25) is 5.60 Å². The maximum Gasteiger partial charge on any atom is 0.340 e. The van der Waals surface area contributed by atoms with Crippen molar-refractivity contribution in [2.45, 2.75) is 24.1 Å². The Labute approximate surface area is 253 Å². The van der Waals surface area contributed by atoms with Crippen LogP contribution in [0.15, 0.2) is 134 Å². The summed E-state index contributed by atoms with van der Waals surface area (Å²) in [4.78, 5) is 52.8. The lowest BCUT2D eigenvalue weighted by Crippen LogP contribution is -2.53. The van der Waals surface area contributed by atoms with E-state index >= 15 is 0 Å². The van der Waals surface area contributed by atoms with Gasteiger partial charge in [0, 0.05) is 0 Å².